The van der Waals surface area contributed by atoms with Crippen LogP contribution in [0.4, 0.5) is 0 Å². The molecule has 0 spiro atoms. The molecule has 0 saturated heterocycles. The van der Waals surface area contributed by atoms with Gasteiger partial charge in [-0.2, -0.15) is 5.10 Å². The minimum atomic E-state index is -0.199. The van der Waals surface area contributed by atoms with E-state index in [0.717, 1.165) is 23.1 Å². The Morgan fingerprint density at radius 3 is 2.74 bits per heavy atom. The molecule has 7 heteroatoms. The highest BCUT2D eigenvalue weighted by molar-refractivity contribution is 6.32. The maximum atomic E-state index is 12.4. The third-order valence-corrected chi connectivity index (χ3v) is 4.87. The first-order chi connectivity index (χ1) is 15.1. The van der Waals surface area contributed by atoms with Gasteiger partial charge in [0.1, 0.15) is 0 Å². The molecule has 0 saturated carbocycles. The fraction of sp³-hybridized carbons (Fsp3) is 0.250. The van der Waals surface area contributed by atoms with Crippen molar-refractivity contribution in [3.8, 4) is 11.5 Å². The van der Waals surface area contributed by atoms with Crippen LogP contribution >= 0.6 is 11.6 Å². The molecule has 0 aliphatic heterocycles. The van der Waals surface area contributed by atoms with E-state index in [1.165, 1.54) is 6.08 Å². The van der Waals surface area contributed by atoms with E-state index in [2.05, 4.69) is 10.4 Å². The first-order valence-electron chi connectivity index (χ1n) is 10.1. The Hall–Kier alpha value is -3.25. The topological polar surface area (TPSA) is 65.4 Å². The van der Waals surface area contributed by atoms with Gasteiger partial charge in [0.15, 0.2) is 11.5 Å². The van der Waals surface area contributed by atoms with Crippen LogP contribution in [-0.4, -0.2) is 29.4 Å². The number of nitrogens with one attached hydrogen (secondary N) is 1. The Labute approximate surface area is 187 Å². The van der Waals surface area contributed by atoms with Crippen molar-refractivity contribution in [3.05, 3.63) is 82.6 Å². The van der Waals surface area contributed by atoms with Crippen LogP contribution in [-0.2, 0) is 17.9 Å². The molecule has 3 rings (SSSR count). The van der Waals surface area contributed by atoms with Crippen LogP contribution < -0.4 is 14.8 Å². The molecule has 0 aliphatic carbocycles. The Kier molecular flexibility index (Phi) is 8.12. The van der Waals surface area contributed by atoms with E-state index in [-0.39, 0.29) is 5.91 Å². The number of hydrogen-bond acceptors (Lipinski definition) is 4. The molecule has 0 unspecified atom stereocenters. The lowest BCUT2D eigenvalue weighted by Gasteiger charge is -2.12. The molecule has 1 aromatic heterocycles. The number of carbonyl (C=O) groups is 1. The maximum Gasteiger partial charge on any atom is 0.244 e. The molecule has 0 aliphatic rings. The summed E-state index contributed by atoms with van der Waals surface area (Å²) in [6.45, 7) is 3.65. The van der Waals surface area contributed by atoms with Crippen molar-refractivity contribution in [1.82, 2.24) is 15.1 Å². The van der Waals surface area contributed by atoms with Crippen molar-refractivity contribution in [2.45, 2.75) is 26.4 Å². The van der Waals surface area contributed by atoms with Gasteiger partial charge in [-0.1, -0.05) is 42.8 Å². The molecule has 162 valence electrons. The van der Waals surface area contributed by atoms with E-state index in [9.17, 15) is 4.79 Å². The van der Waals surface area contributed by atoms with E-state index in [0.29, 0.717) is 36.2 Å². The number of ether oxygens (including phenoxy) is 2. The maximum absolute atomic E-state index is 12.4. The highest BCUT2D eigenvalue weighted by Gasteiger charge is 2.11. The Bertz CT molecular complexity index is 1030. The van der Waals surface area contributed by atoms with Crippen molar-refractivity contribution in [3.63, 3.8) is 0 Å². The van der Waals surface area contributed by atoms with Crippen LogP contribution in [0.15, 0.2) is 60.9 Å². The second-order valence-electron chi connectivity index (χ2n) is 6.91. The van der Waals surface area contributed by atoms with Crippen molar-refractivity contribution >= 4 is 23.6 Å². The lowest BCUT2D eigenvalue weighted by atomic mass is 10.1. The quantitative estimate of drug-likeness (QED) is 0.464. The zero-order chi connectivity index (χ0) is 22.1. The molecule has 0 bridgehead atoms. The van der Waals surface area contributed by atoms with E-state index in [1.807, 2.05) is 48.1 Å². The predicted octanol–water partition coefficient (Wildman–Crippen LogP) is 4.71. The molecular weight excluding hydrogens is 414 g/mol. The van der Waals surface area contributed by atoms with E-state index < -0.39 is 0 Å². The highest BCUT2D eigenvalue weighted by Crippen LogP contribution is 2.36. The summed E-state index contributed by atoms with van der Waals surface area (Å²) in [4.78, 5) is 12.4. The summed E-state index contributed by atoms with van der Waals surface area (Å²) in [5, 5.41) is 7.62. The number of hydrogen-bond donors (Lipinski definition) is 1. The summed E-state index contributed by atoms with van der Waals surface area (Å²) in [5.41, 5.74) is 2.90. The normalized spacial score (nSPS) is 10.9. The highest BCUT2D eigenvalue weighted by atomic mass is 35.5. The number of methoxy groups -OCH3 is 1. The molecule has 1 amide bonds. The van der Waals surface area contributed by atoms with Crippen molar-refractivity contribution in [2.75, 3.05) is 13.7 Å². The van der Waals surface area contributed by atoms with Gasteiger partial charge in [-0.15, -0.1) is 0 Å². The summed E-state index contributed by atoms with van der Waals surface area (Å²) in [6.07, 6.45) is 7.71. The van der Waals surface area contributed by atoms with Gasteiger partial charge in [0.05, 0.1) is 25.3 Å². The largest absolute Gasteiger partial charge is 0.493 e. The molecule has 3 aromatic rings. The van der Waals surface area contributed by atoms with Gasteiger partial charge < -0.3 is 14.8 Å². The van der Waals surface area contributed by atoms with Gasteiger partial charge in [0.2, 0.25) is 5.91 Å². The average Bonchev–Trinajstić information content (AvgIpc) is 3.29. The van der Waals surface area contributed by atoms with Gasteiger partial charge >= 0.3 is 0 Å². The third kappa shape index (κ3) is 6.36. The zero-order valence-electron chi connectivity index (χ0n) is 17.7. The molecule has 0 radical (unpaired) electrons. The zero-order valence-corrected chi connectivity index (χ0v) is 18.4. The Morgan fingerprint density at radius 2 is 2.03 bits per heavy atom. The SMILES string of the molecule is CCCOc1c(Cl)cc(/C=C/C(=O)NCc2ccccc2Cn2cccn2)cc1OC. The summed E-state index contributed by atoms with van der Waals surface area (Å²) >= 11 is 6.33. The third-order valence-electron chi connectivity index (χ3n) is 4.59. The number of nitrogens with zero attached hydrogens (tertiary/aromatic N) is 2. The van der Waals surface area contributed by atoms with Crippen molar-refractivity contribution in [1.29, 1.82) is 0 Å². The second kappa shape index (κ2) is 11.2. The van der Waals surface area contributed by atoms with Gasteiger partial charge in [-0.05, 0) is 47.4 Å². The van der Waals surface area contributed by atoms with E-state index in [1.54, 1.807) is 31.5 Å². The van der Waals surface area contributed by atoms with Crippen LogP contribution in [0.2, 0.25) is 5.02 Å². The first kappa shape index (κ1) is 22.4. The fourth-order valence-corrected chi connectivity index (χ4v) is 3.32. The monoisotopic (exact) mass is 439 g/mol. The minimum absolute atomic E-state index is 0.199. The number of amides is 1. The van der Waals surface area contributed by atoms with E-state index in [4.69, 9.17) is 21.1 Å². The molecule has 0 fully saturated rings. The molecule has 0 atom stereocenters. The molecule has 1 heterocycles. The Morgan fingerprint density at radius 1 is 1.23 bits per heavy atom. The summed E-state index contributed by atoms with van der Waals surface area (Å²) < 4.78 is 12.9. The summed E-state index contributed by atoms with van der Waals surface area (Å²) in [5.74, 6) is 0.852. The van der Waals surface area contributed by atoms with Crippen LogP contribution in [0.3, 0.4) is 0 Å². The van der Waals surface area contributed by atoms with Gasteiger partial charge in [0, 0.05) is 25.0 Å². The average molecular weight is 440 g/mol. The van der Waals surface area contributed by atoms with Crippen LogP contribution in [0.1, 0.15) is 30.0 Å². The van der Waals surface area contributed by atoms with Crippen LogP contribution in [0, 0.1) is 0 Å². The summed E-state index contributed by atoms with van der Waals surface area (Å²) in [6, 6.07) is 13.4. The summed E-state index contributed by atoms with van der Waals surface area (Å²) in [7, 11) is 1.56. The number of benzene rings is 2. The fourth-order valence-electron chi connectivity index (χ4n) is 3.05. The van der Waals surface area contributed by atoms with Crippen molar-refractivity contribution in [2.24, 2.45) is 0 Å². The van der Waals surface area contributed by atoms with Gasteiger partial charge in [-0.25, -0.2) is 0 Å². The van der Waals surface area contributed by atoms with Crippen LogP contribution in [0.5, 0.6) is 11.5 Å². The Balaban J connectivity index is 1.63. The molecular formula is C24H26ClN3O3. The molecule has 1 N–H and O–H groups in total. The molecule has 6 nitrogen and oxygen atoms in total. The number of halogens is 1. The first-order valence-corrected chi connectivity index (χ1v) is 10.5. The minimum Gasteiger partial charge on any atom is -0.493 e. The lowest BCUT2D eigenvalue weighted by molar-refractivity contribution is -0.116. The number of aromatic nitrogens is 2. The predicted molar refractivity (Wildman–Crippen MR) is 122 cm³/mol. The standard InChI is InChI=1S/C24H26ClN3O3/c1-3-13-31-24-21(25)14-18(15-22(24)30-2)9-10-23(29)26-16-19-7-4-5-8-20(19)17-28-12-6-11-27-28/h4-12,14-15H,3,13,16-17H2,1-2H3,(H,26,29)/b10-9+. The number of rotatable bonds is 10. The second-order valence-corrected chi connectivity index (χ2v) is 7.31. The number of carbonyl (C=O) groups excluding carboxylic acids is 1. The van der Waals surface area contributed by atoms with Crippen molar-refractivity contribution < 1.29 is 14.3 Å². The van der Waals surface area contributed by atoms with Gasteiger partial charge in [0.25, 0.3) is 0 Å². The molecule has 31 heavy (non-hydrogen) atoms. The lowest BCUT2D eigenvalue weighted by Crippen LogP contribution is -2.21. The smallest absolute Gasteiger partial charge is 0.244 e. The molecule has 2 aromatic carbocycles. The van der Waals surface area contributed by atoms with Crippen LogP contribution in [0.25, 0.3) is 6.08 Å². The van der Waals surface area contributed by atoms with Gasteiger partial charge in [-0.3, -0.25) is 9.48 Å². The van der Waals surface area contributed by atoms with E-state index >= 15 is 0 Å².